The quantitative estimate of drug-likeness (QED) is 0.879. The summed E-state index contributed by atoms with van der Waals surface area (Å²) >= 11 is 0. The second-order valence-corrected chi connectivity index (χ2v) is 6.91. The third-order valence-electron chi connectivity index (χ3n) is 5.75. The van der Waals surface area contributed by atoms with Crippen molar-refractivity contribution in [1.29, 1.82) is 0 Å². The first kappa shape index (κ1) is 16.0. The van der Waals surface area contributed by atoms with Gasteiger partial charge in [-0.1, -0.05) is 51.1 Å². The molecular formula is C17H23O4-. The largest absolute Gasteiger partial charge is 0.550 e. The minimum Gasteiger partial charge on any atom is -0.550 e. The van der Waals surface area contributed by atoms with Crippen molar-refractivity contribution in [1.82, 2.24) is 0 Å². The minimum atomic E-state index is -1.24. The maximum absolute atomic E-state index is 11.5. The van der Waals surface area contributed by atoms with Gasteiger partial charge in [0.2, 0.25) is 0 Å². The molecular weight excluding hydrogens is 268 g/mol. The fourth-order valence-electron chi connectivity index (χ4n) is 3.42. The Kier molecular flexibility index (Phi) is 3.89. The first-order valence-electron chi connectivity index (χ1n) is 7.31. The van der Waals surface area contributed by atoms with Crippen molar-refractivity contribution in [3.05, 3.63) is 35.9 Å². The van der Waals surface area contributed by atoms with Gasteiger partial charge in [-0.3, -0.25) is 0 Å². The Morgan fingerprint density at radius 1 is 1.24 bits per heavy atom. The van der Waals surface area contributed by atoms with Gasteiger partial charge >= 0.3 is 0 Å². The van der Waals surface area contributed by atoms with Crippen molar-refractivity contribution >= 4 is 5.97 Å². The average molecular weight is 291 g/mol. The lowest BCUT2D eigenvalue weighted by molar-refractivity contribution is -0.325. The number of rotatable bonds is 4. The molecule has 0 saturated heterocycles. The van der Waals surface area contributed by atoms with E-state index >= 15 is 0 Å². The molecule has 1 saturated carbocycles. The van der Waals surface area contributed by atoms with Gasteiger partial charge in [-0.05, 0) is 18.4 Å². The van der Waals surface area contributed by atoms with Crippen molar-refractivity contribution < 1.29 is 20.1 Å². The molecule has 1 aliphatic rings. The van der Waals surface area contributed by atoms with E-state index in [4.69, 9.17) is 0 Å². The third kappa shape index (κ3) is 2.36. The summed E-state index contributed by atoms with van der Waals surface area (Å²) in [5, 5.41) is 32.8. The second kappa shape index (κ2) is 5.11. The molecule has 0 spiro atoms. The van der Waals surface area contributed by atoms with Gasteiger partial charge in [0, 0.05) is 23.2 Å². The van der Waals surface area contributed by atoms with E-state index in [1.807, 2.05) is 18.2 Å². The molecule has 4 nitrogen and oxygen atoms in total. The Morgan fingerprint density at radius 3 is 2.29 bits per heavy atom. The highest BCUT2D eigenvalue weighted by atomic mass is 16.4. The molecule has 3 atom stereocenters. The van der Waals surface area contributed by atoms with Crippen LogP contribution in [0.25, 0.3) is 0 Å². The Bertz CT molecular complexity index is 525. The summed E-state index contributed by atoms with van der Waals surface area (Å²) in [6.07, 6.45) is -0.0127. The molecule has 1 aromatic rings. The molecule has 4 heteroatoms. The van der Waals surface area contributed by atoms with E-state index in [0.29, 0.717) is 12.8 Å². The number of benzene rings is 1. The van der Waals surface area contributed by atoms with Gasteiger partial charge in [0.25, 0.3) is 0 Å². The average Bonchev–Trinajstić information content (AvgIpc) is 2.61. The first-order chi connectivity index (χ1) is 9.64. The van der Waals surface area contributed by atoms with Crippen molar-refractivity contribution in [3.63, 3.8) is 0 Å². The highest BCUT2D eigenvalue weighted by Gasteiger charge is 2.60. The van der Waals surface area contributed by atoms with Crippen LogP contribution in [0.15, 0.2) is 30.3 Å². The predicted molar refractivity (Wildman–Crippen MR) is 77.1 cm³/mol. The smallest absolute Gasteiger partial charge is 0.0817 e. The van der Waals surface area contributed by atoms with Crippen LogP contribution in [-0.4, -0.2) is 21.8 Å². The third-order valence-corrected chi connectivity index (χ3v) is 5.75. The Labute approximate surface area is 125 Å². The predicted octanol–water partition coefficient (Wildman–Crippen LogP) is 1.42. The fourth-order valence-corrected chi connectivity index (χ4v) is 3.42. The van der Waals surface area contributed by atoms with Gasteiger partial charge in [0.15, 0.2) is 0 Å². The van der Waals surface area contributed by atoms with Crippen LogP contribution < -0.4 is 5.11 Å². The summed E-state index contributed by atoms with van der Waals surface area (Å²) in [7, 11) is 0. The molecule has 1 aliphatic carbocycles. The normalized spacial score (nSPS) is 32.8. The number of carboxylic acid groups (broad SMARTS) is 1. The molecule has 1 aromatic carbocycles. The van der Waals surface area contributed by atoms with E-state index in [0.717, 1.165) is 5.56 Å². The van der Waals surface area contributed by atoms with Gasteiger partial charge in [-0.15, -0.1) is 0 Å². The van der Waals surface area contributed by atoms with Crippen LogP contribution in [0.1, 0.15) is 51.7 Å². The van der Waals surface area contributed by atoms with Crippen molar-refractivity contribution in [2.24, 2.45) is 10.8 Å². The van der Waals surface area contributed by atoms with E-state index in [1.165, 1.54) is 0 Å². The summed E-state index contributed by atoms with van der Waals surface area (Å²) < 4.78 is 0. The van der Waals surface area contributed by atoms with Gasteiger partial charge in [-0.25, -0.2) is 0 Å². The van der Waals surface area contributed by atoms with Crippen molar-refractivity contribution in [2.75, 3.05) is 0 Å². The number of carboxylic acids is 1. The molecule has 0 heterocycles. The van der Waals surface area contributed by atoms with Gasteiger partial charge in [-0.2, -0.15) is 0 Å². The van der Waals surface area contributed by atoms with Crippen LogP contribution in [-0.2, 0) is 4.79 Å². The summed E-state index contributed by atoms with van der Waals surface area (Å²) in [6, 6.07) is 9.11. The number of aliphatic hydroxyl groups is 2. The van der Waals surface area contributed by atoms with E-state index in [2.05, 4.69) is 0 Å². The SMILES string of the molecule is CC1(C)[C@@](O)(C[C@H](O)c2ccccc2)CC[C@@]1(C)C(=O)[O-]. The van der Waals surface area contributed by atoms with Crippen molar-refractivity contribution in [2.45, 2.75) is 51.7 Å². The summed E-state index contributed by atoms with van der Waals surface area (Å²) in [6.45, 7) is 5.11. The zero-order valence-electron chi connectivity index (χ0n) is 12.8. The standard InChI is InChI=1S/C17H24O4/c1-15(2)16(3,14(19)20)9-10-17(15,21)11-13(18)12-7-5-4-6-8-12/h4-8,13,18,21H,9-11H2,1-3H3,(H,19,20)/p-1/t13-,16-,17-/m0/s1. The van der Waals surface area contributed by atoms with Crippen LogP contribution in [0.4, 0.5) is 0 Å². The topological polar surface area (TPSA) is 80.6 Å². The number of aliphatic carboxylic acids is 1. The van der Waals surface area contributed by atoms with Crippen LogP contribution >= 0.6 is 0 Å². The van der Waals surface area contributed by atoms with Gasteiger partial charge in [0.1, 0.15) is 0 Å². The van der Waals surface area contributed by atoms with Gasteiger partial charge < -0.3 is 20.1 Å². The lowest BCUT2D eigenvalue weighted by atomic mass is 9.62. The Hall–Kier alpha value is -1.39. The molecule has 0 bridgehead atoms. The van der Waals surface area contributed by atoms with Crippen LogP contribution in [0, 0.1) is 10.8 Å². The molecule has 0 radical (unpaired) electrons. The molecule has 0 unspecified atom stereocenters. The summed E-state index contributed by atoms with van der Waals surface area (Å²) in [4.78, 5) is 11.5. The second-order valence-electron chi connectivity index (χ2n) is 6.91. The lowest BCUT2D eigenvalue weighted by Gasteiger charge is -2.47. The monoisotopic (exact) mass is 291 g/mol. The Balaban J connectivity index is 2.26. The Morgan fingerprint density at radius 2 is 1.81 bits per heavy atom. The molecule has 2 N–H and O–H groups in total. The number of hydrogen-bond acceptors (Lipinski definition) is 4. The number of hydrogen-bond donors (Lipinski definition) is 2. The maximum Gasteiger partial charge on any atom is 0.0817 e. The first-order valence-corrected chi connectivity index (χ1v) is 7.31. The summed E-state index contributed by atoms with van der Waals surface area (Å²) in [5.74, 6) is -1.14. The van der Waals surface area contributed by atoms with E-state index in [1.54, 1.807) is 32.9 Å². The maximum atomic E-state index is 11.5. The van der Waals surface area contributed by atoms with Gasteiger partial charge in [0.05, 0.1) is 11.7 Å². The van der Waals surface area contributed by atoms with E-state index < -0.39 is 28.5 Å². The van der Waals surface area contributed by atoms with E-state index in [9.17, 15) is 20.1 Å². The van der Waals surface area contributed by atoms with Crippen molar-refractivity contribution in [3.8, 4) is 0 Å². The number of carbonyl (C=O) groups is 1. The molecule has 21 heavy (non-hydrogen) atoms. The van der Waals surface area contributed by atoms with Crippen LogP contribution in [0.5, 0.6) is 0 Å². The molecule has 0 aliphatic heterocycles. The highest BCUT2D eigenvalue weighted by Crippen LogP contribution is 2.60. The molecule has 116 valence electrons. The van der Waals surface area contributed by atoms with E-state index in [-0.39, 0.29) is 6.42 Å². The minimum absolute atomic E-state index is 0.118. The van der Waals surface area contributed by atoms with Crippen LogP contribution in [0.2, 0.25) is 0 Å². The zero-order valence-corrected chi connectivity index (χ0v) is 12.8. The molecule has 2 rings (SSSR count). The summed E-state index contributed by atoms with van der Waals surface area (Å²) in [5.41, 5.74) is -2.49. The highest BCUT2D eigenvalue weighted by molar-refractivity contribution is 5.74. The van der Waals surface area contributed by atoms with Crippen LogP contribution in [0.3, 0.4) is 0 Å². The molecule has 0 amide bonds. The molecule has 0 aromatic heterocycles. The lowest BCUT2D eigenvalue weighted by Crippen LogP contribution is -2.54. The fraction of sp³-hybridized carbons (Fsp3) is 0.588. The molecule has 1 fully saturated rings. The zero-order chi connectivity index (χ0) is 15.9. The number of carbonyl (C=O) groups excluding carboxylic acids is 1. The number of aliphatic hydroxyl groups excluding tert-OH is 1.